The smallest absolute Gasteiger partial charge is 0.305 e. The van der Waals surface area contributed by atoms with Crippen molar-refractivity contribution in [3.8, 4) is 0 Å². The minimum atomic E-state index is -0.577. The Morgan fingerprint density at radius 1 is 1.42 bits per heavy atom. The monoisotopic (exact) mass is 444 g/mol. The van der Waals surface area contributed by atoms with Crippen molar-refractivity contribution in [2.75, 3.05) is 19.7 Å². The van der Waals surface area contributed by atoms with Crippen molar-refractivity contribution in [1.29, 1.82) is 0 Å². The first kappa shape index (κ1) is 20.9. The molecule has 0 saturated carbocycles. The molecular weight excluding hydrogens is 420 g/mol. The van der Waals surface area contributed by atoms with Crippen LogP contribution in [0, 0.1) is 5.92 Å². The second kappa shape index (κ2) is 10.1. The fourth-order valence-electron chi connectivity index (χ4n) is 3.10. The third-order valence-electron chi connectivity index (χ3n) is 4.41. The van der Waals surface area contributed by atoms with Gasteiger partial charge in [0, 0.05) is 19.5 Å². The van der Waals surface area contributed by atoms with Crippen molar-refractivity contribution in [2.45, 2.75) is 45.6 Å². The molecule has 26 heavy (non-hydrogen) atoms. The van der Waals surface area contributed by atoms with E-state index in [4.69, 9.17) is 4.74 Å². The van der Waals surface area contributed by atoms with Crippen molar-refractivity contribution >= 4 is 45.1 Å². The Morgan fingerprint density at radius 3 is 2.85 bits per heavy atom. The van der Waals surface area contributed by atoms with Crippen molar-refractivity contribution < 1.29 is 19.1 Å². The van der Waals surface area contributed by atoms with Gasteiger partial charge in [0.2, 0.25) is 5.91 Å². The van der Waals surface area contributed by atoms with E-state index in [1.807, 2.05) is 6.07 Å². The SMILES string of the molecule is CCOC(=O)CC[C@@H]1CCCN(C(=O)[C@@H](C)NC(=O)c2ccc(Br)s2)C1. The average molecular weight is 445 g/mol. The number of likely N-dealkylation sites (tertiary alicyclic amines) is 1. The fourth-order valence-corrected chi connectivity index (χ4v) is 4.38. The number of amides is 2. The fraction of sp³-hybridized carbons (Fsp3) is 0.611. The van der Waals surface area contributed by atoms with Crippen LogP contribution in [0.15, 0.2) is 15.9 Å². The molecule has 0 radical (unpaired) electrons. The zero-order chi connectivity index (χ0) is 19.1. The Morgan fingerprint density at radius 2 is 2.19 bits per heavy atom. The number of carbonyl (C=O) groups is 3. The van der Waals surface area contributed by atoms with Gasteiger partial charge in [-0.05, 0) is 67.1 Å². The molecule has 1 aliphatic rings. The number of carbonyl (C=O) groups excluding carboxylic acids is 3. The van der Waals surface area contributed by atoms with Crippen LogP contribution in [0.4, 0.5) is 0 Å². The molecule has 0 unspecified atom stereocenters. The standard InChI is InChI=1S/C18H25BrN2O4S/c1-3-25-16(22)9-6-13-5-4-10-21(11-13)18(24)12(2)20-17(23)14-7-8-15(19)26-14/h7-8,12-13H,3-6,9-11H2,1-2H3,(H,20,23)/t12-,13+/m1/s1. The van der Waals surface area contributed by atoms with E-state index in [0.717, 1.165) is 23.0 Å². The van der Waals surface area contributed by atoms with Gasteiger partial charge < -0.3 is 15.0 Å². The summed E-state index contributed by atoms with van der Waals surface area (Å²) in [6.45, 7) is 5.23. The Kier molecular flexibility index (Phi) is 8.09. The summed E-state index contributed by atoms with van der Waals surface area (Å²) < 4.78 is 5.84. The summed E-state index contributed by atoms with van der Waals surface area (Å²) in [7, 11) is 0. The predicted molar refractivity (Wildman–Crippen MR) is 104 cm³/mol. The van der Waals surface area contributed by atoms with Gasteiger partial charge in [0.15, 0.2) is 0 Å². The normalized spacial score (nSPS) is 18.3. The van der Waals surface area contributed by atoms with E-state index in [-0.39, 0.29) is 17.8 Å². The maximum Gasteiger partial charge on any atom is 0.305 e. The number of halogens is 1. The summed E-state index contributed by atoms with van der Waals surface area (Å²) in [5.41, 5.74) is 0. The van der Waals surface area contributed by atoms with E-state index in [2.05, 4.69) is 21.2 Å². The molecular formula is C18H25BrN2O4S. The lowest BCUT2D eigenvalue weighted by molar-refractivity contribution is -0.143. The van der Waals surface area contributed by atoms with Crippen LogP contribution in [0.3, 0.4) is 0 Å². The second-order valence-corrected chi connectivity index (χ2v) is 8.90. The second-order valence-electron chi connectivity index (χ2n) is 6.44. The summed E-state index contributed by atoms with van der Waals surface area (Å²) in [4.78, 5) is 38.8. The highest BCUT2D eigenvalue weighted by atomic mass is 79.9. The Bertz CT molecular complexity index is 649. The molecule has 144 valence electrons. The van der Waals surface area contributed by atoms with Crippen LogP contribution in [0.2, 0.25) is 0 Å². The average Bonchev–Trinajstić information content (AvgIpc) is 3.06. The lowest BCUT2D eigenvalue weighted by Crippen LogP contribution is -2.50. The number of hydrogen-bond acceptors (Lipinski definition) is 5. The number of rotatable bonds is 7. The third-order valence-corrected chi connectivity index (χ3v) is 6.03. The Labute approximate surface area is 166 Å². The van der Waals surface area contributed by atoms with Crippen LogP contribution in [-0.4, -0.2) is 48.4 Å². The molecule has 0 bridgehead atoms. The summed E-state index contributed by atoms with van der Waals surface area (Å²) in [5, 5.41) is 2.77. The highest BCUT2D eigenvalue weighted by molar-refractivity contribution is 9.11. The molecule has 1 fully saturated rings. The van der Waals surface area contributed by atoms with E-state index in [1.165, 1.54) is 11.3 Å². The van der Waals surface area contributed by atoms with Gasteiger partial charge in [-0.15, -0.1) is 11.3 Å². The lowest BCUT2D eigenvalue weighted by Gasteiger charge is -2.34. The molecule has 2 amide bonds. The van der Waals surface area contributed by atoms with Crippen LogP contribution in [0.5, 0.6) is 0 Å². The molecule has 0 aliphatic carbocycles. The molecule has 1 N–H and O–H groups in total. The maximum absolute atomic E-state index is 12.7. The molecule has 0 spiro atoms. The van der Waals surface area contributed by atoms with Gasteiger partial charge in [0.05, 0.1) is 15.3 Å². The lowest BCUT2D eigenvalue weighted by atomic mass is 9.93. The quantitative estimate of drug-likeness (QED) is 0.654. The molecule has 2 rings (SSSR count). The summed E-state index contributed by atoms with van der Waals surface area (Å²) in [6.07, 6.45) is 3.04. The Balaban J connectivity index is 1.83. The highest BCUT2D eigenvalue weighted by Crippen LogP contribution is 2.23. The highest BCUT2D eigenvalue weighted by Gasteiger charge is 2.28. The zero-order valence-electron chi connectivity index (χ0n) is 15.1. The van der Waals surface area contributed by atoms with Crippen LogP contribution >= 0.6 is 27.3 Å². The molecule has 1 aromatic rings. The number of hydrogen-bond donors (Lipinski definition) is 1. The first-order valence-corrected chi connectivity index (χ1v) is 10.5. The summed E-state index contributed by atoms with van der Waals surface area (Å²) >= 11 is 4.66. The van der Waals surface area contributed by atoms with Crippen LogP contribution in [0.1, 0.15) is 49.2 Å². The van der Waals surface area contributed by atoms with Crippen molar-refractivity contribution in [1.82, 2.24) is 10.2 Å². The van der Waals surface area contributed by atoms with Crippen LogP contribution < -0.4 is 5.32 Å². The van der Waals surface area contributed by atoms with Gasteiger partial charge >= 0.3 is 5.97 Å². The number of ether oxygens (including phenoxy) is 1. The van der Waals surface area contributed by atoms with Gasteiger partial charge in [0.25, 0.3) is 5.91 Å². The number of nitrogens with one attached hydrogen (secondary N) is 1. The first-order valence-electron chi connectivity index (χ1n) is 8.91. The summed E-state index contributed by atoms with van der Waals surface area (Å²) in [6, 6.07) is 2.96. The summed E-state index contributed by atoms with van der Waals surface area (Å²) in [5.74, 6) is -0.195. The minimum absolute atomic E-state index is 0.0743. The van der Waals surface area contributed by atoms with Crippen molar-refractivity contribution in [3.63, 3.8) is 0 Å². The zero-order valence-corrected chi connectivity index (χ0v) is 17.5. The number of nitrogens with zero attached hydrogens (tertiary/aromatic N) is 1. The van der Waals surface area contributed by atoms with Gasteiger partial charge in [-0.3, -0.25) is 14.4 Å². The van der Waals surface area contributed by atoms with Gasteiger partial charge in [-0.25, -0.2) is 0 Å². The Hall–Kier alpha value is -1.41. The maximum atomic E-state index is 12.7. The molecule has 1 aromatic heterocycles. The number of esters is 1. The van der Waals surface area contributed by atoms with E-state index in [1.54, 1.807) is 24.8 Å². The van der Waals surface area contributed by atoms with E-state index in [9.17, 15) is 14.4 Å². The largest absolute Gasteiger partial charge is 0.466 e. The van der Waals surface area contributed by atoms with Crippen LogP contribution in [-0.2, 0) is 14.3 Å². The molecule has 2 heterocycles. The third kappa shape index (κ3) is 6.09. The van der Waals surface area contributed by atoms with Gasteiger partial charge in [0.1, 0.15) is 6.04 Å². The molecule has 8 heteroatoms. The van der Waals surface area contributed by atoms with E-state index in [0.29, 0.717) is 36.9 Å². The van der Waals surface area contributed by atoms with Crippen molar-refractivity contribution in [3.05, 3.63) is 20.8 Å². The van der Waals surface area contributed by atoms with E-state index >= 15 is 0 Å². The number of thiophene rings is 1. The van der Waals surface area contributed by atoms with Gasteiger partial charge in [-0.2, -0.15) is 0 Å². The van der Waals surface area contributed by atoms with Crippen molar-refractivity contribution in [2.24, 2.45) is 5.92 Å². The molecule has 0 aromatic carbocycles. The molecule has 1 aliphatic heterocycles. The molecule has 6 nitrogen and oxygen atoms in total. The predicted octanol–water partition coefficient (Wildman–Crippen LogP) is 3.21. The minimum Gasteiger partial charge on any atom is -0.466 e. The van der Waals surface area contributed by atoms with E-state index < -0.39 is 6.04 Å². The molecule has 2 atom stereocenters. The topological polar surface area (TPSA) is 75.7 Å². The first-order chi connectivity index (χ1) is 12.4. The van der Waals surface area contributed by atoms with Crippen LogP contribution in [0.25, 0.3) is 0 Å². The molecule has 1 saturated heterocycles. The van der Waals surface area contributed by atoms with Gasteiger partial charge in [-0.1, -0.05) is 0 Å². The number of piperidine rings is 1.